The fourth-order valence-electron chi connectivity index (χ4n) is 2.98. The van der Waals surface area contributed by atoms with Crippen molar-refractivity contribution in [3.05, 3.63) is 53.4 Å². The van der Waals surface area contributed by atoms with E-state index in [2.05, 4.69) is 27.6 Å². The molecule has 1 aliphatic rings. The molecular formula is C18H15N3O2. The number of hydrogen-bond donors (Lipinski definition) is 1. The van der Waals surface area contributed by atoms with Crippen LogP contribution in [0, 0.1) is 13.8 Å². The Labute approximate surface area is 133 Å². The Morgan fingerprint density at radius 2 is 1.91 bits per heavy atom. The molecule has 0 saturated carbocycles. The van der Waals surface area contributed by atoms with E-state index in [1.165, 1.54) is 0 Å². The number of hydrogen-bond acceptors (Lipinski definition) is 4. The number of nitrogens with one attached hydrogen (secondary N) is 1. The predicted molar refractivity (Wildman–Crippen MR) is 87.0 cm³/mol. The van der Waals surface area contributed by atoms with Crippen LogP contribution in [-0.2, 0) is 11.2 Å². The van der Waals surface area contributed by atoms with Crippen molar-refractivity contribution in [1.29, 1.82) is 0 Å². The fraction of sp³-hybridized carbons (Fsp3) is 0.167. The highest BCUT2D eigenvalue weighted by Crippen LogP contribution is 2.34. The molecule has 5 heteroatoms. The smallest absolute Gasteiger partial charge is 0.248 e. The van der Waals surface area contributed by atoms with Crippen molar-refractivity contribution < 1.29 is 9.21 Å². The van der Waals surface area contributed by atoms with E-state index in [1.54, 1.807) is 6.92 Å². The van der Waals surface area contributed by atoms with Gasteiger partial charge in [-0.25, -0.2) is 0 Å². The molecule has 0 saturated heterocycles. The highest BCUT2D eigenvalue weighted by molar-refractivity contribution is 5.99. The summed E-state index contributed by atoms with van der Waals surface area (Å²) >= 11 is 0. The summed E-state index contributed by atoms with van der Waals surface area (Å²) in [7, 11) is 0. The van der Waals surface area contributed by atoms with Crippen molar-refractivity contribution in [3.63, 3.8) is 0 Å². The van der Waals surface area contributed by atoms with Crippen molar-refractivity contribution in [2.24, 2.45) is 0 Å². The zero-order valence-electron chi connectivity index (χ0n) is 12.9. The van der Waals surface area contributed by atoms with Crippen LogP contribution in [0.25, 0.3) is 22.6 Å². The molecule has 2 aromatic carbocycles. The van der Waals surface area contributed by atoms with Crippen molar-refractivity contribution in [1.82, 2.24) is 10.2 Å². The van der Waals surface area contributed by atoms with Crippen LogP contribution in [0.1, 0.15) is 17.0 Å². The molecular weight excluding hydrogens is 290 g/mol. The van der Waals surface area contributed by atoms with E-state index in [0.717, 1.165) is 33.5 Å². The molecule has 5 nitrogen and oxygen atoms in total. The van der Waals surface area contributed by atoms with Crippen LogP contribution >= 0.6 is 0 Å². The first-order valence-electron chi connectivity index (χ1n) is 7.45. The van der Waals surface area contributed by atoms with Gasteiger partial charge in [-0.05, 0) is 47.4 Å². The Kier molecular flexibility index (Phi) is 3.01. The highest BCUT2D eigenvalue weighted by Gasteiger charge is 2.19. The lowest BCUT2D eigenvalue weighted by atomic mass is 9.95. The first-order chi connectivity index (χ1) is 11.1. The first-order valence-corrected chi connectivity index (χ1v) is 7.45. The second-order valence-electron chi connectivity index (χ2n) is 5.70. The number of amides is 1. The molecule has 4 rings (SSSR count). The maximum Gasteiger partial charge on any atom is 0.248 e. The minimum atomic E-state index is 0.0453. The maximum absolute atomic E-state index is 11.5. The summed E-state index contributed by atoms with van der Waals surface area (Å²) in [4.78, 5) is 11.5. The maximum atomic E-state index is 11.5. The highest BCUT2D eigenvalue weighted by atomic mass is 16.4. The van der Waals surface area contributed by atoms with Gasteiger partial charge in [-0.15, -0.1) is 10.2 Å². The van der Waals surface area contributed by atoms with Crippen molar-refractivity contribution >= 4 is 11.6 Å². The van der Waals surface area contributed by atoms with E-state index >= 15 is 0 Å². The Balaban J connectivity index is 1.81. The summed E-state index contributed by atoms with van der Waals surface area (Å²) in [5.74, 6) is 1.12. The summed E-state index contributed by atoms with van der Waals surface area (Å²) in [6.45, 7) is 3.82. The molecule has 23 heavy (non-hydrogen) atoms. The van der Waals surface area contributed by atoms with Gasteiger partial charge in [0, 0.05) is 18.2 Å². The standard InChI is InChI=1S/C18H15N3O2/c1-10-14(4-3-5-15(10)18-21-20-11(2)23-18)12-6-7-16-13(8-12)9-17(22)19-16/h3-8H,9H2,1-2H3,(H,19,22). The van der Waals surface area contributed by atoms with Crippen LogP contribution in [0.5, 0.6) is 0 Å². The molecule has 0 radical (unpaired) electrons. The van der Waals surface area contributed by atoms with Gasteiger partial charge in [0.1, 0.15) is 0 Å². The number of carbonyl (C=O) groups excluding carboxylic acids is 1. The van der Waals surface area contributed by atoms with Crippen LogP contribution in [0.2, 0.25) is 0 Å². The second kappa shape index (κ2) is 5.05. The number of benzene rings is 2. The molecule has 0 atom stereocenters. The fourth-order valence-corrected chi connectivity index (χ4v) is 2.98. The predicted octanol–water partition coefficient (Wildman–Crippen LogP) is 3.52. The second-order valence-corrected chi connectivity index (χ2v) is 5.70. The van der Waals surface area contributed by atoms with Crippen LogP contribution in [-0.4, -0.2) is 16.1 Å². The van der Waals surface area contributed by atoms with E-state index in [1.807, 2.05) is 31.2 Å². The topological polar surface area (TPSA) is 68.0 Å². The van der Waals surface area contributed by atoms with Crippen LogP contribution in [0.15, 0.2) is 40.8 Å². The molecule has 1 aliphatic heterocycles. The molecule has 2 heterocycles. The number of rotatable bonds is 2. The molecule has 1 aromatic heterocycles. The Morgan fingerprint density at radius 3 is 2.70 bits per heavy atom. The number of aromatic nitrogens is 2. The van der Waals surface area contributed by atoms with Gasteiger partial charge in [0.2, 0.25) is 17.7 Å². The average Bonchev–Trinajstić information content (AvgIpc) is 3.11. The third kappa shape index (κ3) is 2.30. The Bertz CT molecular complexity index is 928. The molecule has 0 spiro atoms. The van der Waals surface area contributed by atoms with Crippen molar-refractivity contribution in [2.45, 2.75) is 20.3 Å². The Hall–Kier alpha value is -2.95. The first kappa shape index (κ1) is 13.7. The minimum absolute atomic E-state index is 0.0453. The van der Waals surface area contributed by atoms with Crippen molar-refractivity contribution in [3.8, 4) is 22.6 Å². The monoisotopic (exact) mass is 305 g/mol. The van der Waals surface area contributed by atoms with Crippen LogP contribution in [0.3, 0.4) is 0 Å². The third-order valence-electron chi connectivity index (χ3n) is 4.13. The molecule has 0 bridgehead atoms. The quantitative estimate of drug-likeness (QED) is 0.786. The van der Waals surface area contributed by atoms with E-state index in [0.29, 0.717) is 18.2 Å². The van der Waals surface area contributed by atoms with Crippen LogP contribution < -0.4 is 5.32 Å². The molecule has 1 amide bonds. The molecule has 0 unspecified atom stereocenters. The Morgan fingerprint density at radius 1 is 1.09 bits per heavy atom. The summed E-state index contributed by atoms with van der Waals surface area (Å²) in [5.41, 5.74) is 6.12. The van der Waals surface area contributed by atoms with Crippen LogP contribution in [0.4, 0.5) is 5.69 Å². The van der Waals surface area contributed by atoms with E-state index < -0.39 is 0 Å². The third-order valence-corrected chi connectivity index (χ3v) is 4.13. The van der Waals surface area contributed by atoms with Gasteiger partial charge in [0.25, 0.3) is 0 Å². The normalized spacial score (nSPS) is 13.0. The number of nitrogens with zero attached hydrogens (tertiary/aromatic N) is 2. The van der Waals surface area contributed by atoms with E-state index in [-0.39, 0.29) is 5.91 Å². The molecule has 3 aromatic rings. The molecule has 0 fully saturated rings. The largest absolute Gasteiger partial charge is 0.421 e. The average molecular weight is 305 g/mol. The van der Waals surface area contributed by atoms with Gasteiger partial charge in [-0.2, -0.15) is 0 Å². The van der Waals surface area contributed by atoms with E-state index in [4.69, 9.17) is 4.42 Å². The van der Waals surface area contributed by atoms with Gasteiger partial charge < -0.3 is 9.73 Å². The lowest BCUT2D eigenvalue weighted by molar-refractivity contribution is -0.115. The summed E-state index contributed by atoms with van der Waals surface area (Å²) in [5, 5.41) is 10.9. The van der Waals surface area contributed by atoms with Gasteiger partial charge >= 0.3 is 0 Å². The molecule has 1 N–H and O–H groups in total. The van der Waals surface area contributed by atoms with Gasteiger partial charge in [-0.3, -0.25) is 4.79 Å². The number of aryl methyl sites for hydroxylation is 1. The van der Waals surface area contributed by atoms with Crippen molar-refractivity contribution in [2.75, 3.05) is 5.32 Å². The number of carbonyl (C=O) groups is 1. The zero-order valence-corrected chi connectivity index (χ0v) is 12.9. The summed E-state index contributed by atoms with van der Waals surface area (Å²) < 4.78 is 5.55. The van der Waals surface area contributed by atoms with Gasteiger partial charge in [-0.1, -0.05) is 18.2 Å². The number of anilines is 1. The van der Waals surface area contributed by atoms with Gasteiger partial charge in [0.05, 0.1) is 6.42 Å². The zero-order chi connectivity index (χ0) is 16.0. The molecule has 0 aliphatic carbocycles. The SMILES string of the molecule is Cc1nnc(-c2cccc(-c3ccc4c(c3)CC(=O)N4)c2C)o1. The van der Waals surface area contributed by atoms with E-state index in [9.17, 15) is 4.79 Å². The summed E-state index contributed by atoms with van der Waals surface area (Å²) in [6, 6.07) is 12.1. The molecule has 114 valence electrons. The number of fused-ring (bicyclic) bond motifs is 1. The van der Waals surface area contributed by atoms with Gasteiger partial charge in [0.15, 0.2) is 0 Å². The summed E-state index contributed by atoms with van der Waals surface area (Å²) in [6.07, 6.45) is 0.435. The lowest BCUT2D eigenvalue weighted by Gasteiger charge is -2.10. The lowest BCUT2D eigenvalue weighted by Crippen LogP contribution is -2.03. The minimum Gasteiger partial charge on any atom is -0.421 e.